The van der Waals surface area contributed by atoms with E-state index in [1.807, 2.05) is 11.9 Å². The zero-order valence-electron chi connectivity index (χ0n) is 25.7. The number of nitrogens with one attached hydrogen (secondary N) is 1. The number of nitrogens with zero attached hydrogens (tertiary/aromatic N) is 3. The number of carbonyl (C=O) groups is 3. The summed E-state index contributed by atoms with van der Waals surface area (Å²) in [5.41, 5.74) is 0. The average molecular weight is 687 g/mol. The van der Waals surface area contributed by atoms with Gasteiger partial charge in [0.15, 0.2) is 6.29 Å². The molecule has 0 aromatic carbocycles. The van der Waals surface area contributed by atoms with Gasteiger partial charge in [-0.2, -0.15) is 30.9 Å². The second-order valence-electron chi connectivity index (χ2n) is 9.81. The normalized spacial score (nSPS) is 20.2. The number of amides is 1. The van der Waals surface area contributed by atoms with Crippen molar-refractivity contribution in [2.24, 2.45) is 0 Å². The van der Waals surface area contributed by atoms with Gasteiger partial charge in [-0.25, -0.2) is 0 Å². The molecule has 0 aromatic rings. The predicted molar refractivity (Wildman–Crippen MR) is 161 cm³/mol. The van der Waals surface area contributed by atoms with Crippen molar-refractivity contribution >= 4 is 41.9 Å². The highest BCUT2D eigenvalue weighted by Crippen LogP contribution is 2.24. The van der Waals surface area contributed by atoms with Crippen LogP contribution in [0.1, 0.15) is 27.2 Å². The Kier molecular flexibility index (Phi) is 30.6. The summed E-state index contributed by atoms with van der Waals surface area (Å²) in [6, 6.07) is 0. The minimum atomic E-state index is -1.30. The first kappa shape index (κ1) is 47.6. The van der Waals surface area contributed by atoms with Crippen molar-refractivity contribution in [3.8, 4) is 0 Å². The standard InChI is InChI=1S/C24H46N4O10S.2CO2.CH4/c1-4-17-21(34)22(35)23(24(36)38-17)37-11-5-12-39-13-6-25-18(29)14-28(16-20(32)33)10-9-26(2)7-8-27(3)15-19(30)31;2*2-1-3;/h17,21-24,34-36H,4-16H2,1-3H3,(H,25,29)(H,30,31)(H,32,33);;;1H4/t17?,21-,22+,23?,24+;;;/m1.../s1. The van der Waals surface area contributed by atoms with Gasteiger partial charge in [0.2, 0.25) is 5.91 Å². The lowest BCUT2D eigenvalue weighted by molar-refractivity contribution is -0.292. The van der Waals surface area contributed by atoms with Gasteiger partial charge in [0.1, 0.15) is 18.3 Å². The Bertz CT molecular complexity index is 894. The first-order valence-electron chi connectivity index (χ1n) is 13.9. The first-order chi connectivity index (χ1) is 21.3. The number of ether oxygens (including phenoxy) is 2. The van der Waals surface area contributed by atoms with E-state index in [4.69, 9.17) is 33.8 Å². The van der Waals surface area contributed by atoms with Crippen LogP contribution in [0, 0.1) is 0 Å². The number of rotatable bonds is 21. The van der Waals surface area contributed by atoms with Crippen LogP contribution in [-0.2, 0) is 43.0 Å². The van der Waals surface area contributed by atoms with Crippen LogP contribution in [0.25, 0.3) is 0 Å². The quantitative estimate of drug-likeness (QED) is 0.0669. The summed E-state index contributed by atoms with van der Waals surface area (Å²) in [6.07, 6.45) is -3.71. The lowest BCUT2D eigenvalue weighted by atomic mass is 9.97. The first-order valence-corrected chi connectivity index (χ1v) is 15.1. The van der Waals surface area contributed by atoms with E-state index < -0.39 is 42.6 Å². The van der Waals surface area contributed by atoms with Crippen molar-refractivity contribution in [1.29, 1.82) is 0 Å². The van der Waals surface area contributed by atoms with Gasteiger partial charge in [-0.3, -0.25) is 24.2 Å². The molecule has 1 heterocycles. The number of thioether (sulfide) groups is 1. The summed E-state index contributed by atoms with van der Waals surface area (Å²) in [7, 11) is 3.57. The third-order valence-corrected chi connectivity index (χ3v) is 7.24. The largest absolute Gasteiger partial charge is 0.480 e. The summed E-state index contributed by atoms with van der Waals surface area (Å²) in [5, 5.41) is 51.0. The van der Waals surface area contributed by atoms with Crippen LogP contribution >= 0.6 is 11.8 Å². The molecule has 2 unspecified atom stereocenters. The van der Waals surface area contributed by atoms with Gasteiger partial charge in [-0.15, -0.1) is 0 Å². The molecule has 268 valence electrons. The van der Waals surface area contributed by atoms with Crippen molar-refractivity contribution in [3.63, 3.8) is 0 Å². The smallest absolute Gasteiger partial charge is 0.373 e. The molecule has 1 amide bonds. The van der Waals surface area contributed by atoms with E-state index in [2.05, 4.69) is 5.32 Å². The Morgan fingerprint density at radius 2 is 1.39 bits per heavy atom. The van der Waals surface area contributed by atoms with Gasteiger partial charge in [-0.1, -0.05) is 14.4 Å². The number of hydrogen-bond acceptors (Lipinski definition) is 16. The van der Waals surface area contributed by atoms with Crippen molar-refractivity contribution < 1.29 is 68.6 Å². The minimum Gasteiger partial charge on any atom is -0.480 e. The molecule has 1 aliphatic heterocycles. The molecule has 1 rings (SSSR count). The Hall–Kier alpha value is -2.80. The van der Waals surface area contributed by atoms with Crippen LogP contribution < -0.4 is 5.32 Å². The zero-order chi connectivity index (χ0) is 34.8. The van der Waals surface area contributed by atoms with Crippen LogP contribution in [0.2, 0.25) is 0 Å². The van der Waals surface area contributed by atoms with Crippen molar-refractivity contribution in [2.45, 2.75) is 57.9 Å². The third kappa shape index (κ3) is 24.4. The van der Waals surface area contributed by atoms with Crippen LogP contribution in [0.15, 0.2) is 0 Å². The maximum absolute atomic E-state index is 12.3. The van der Waals surface area contributed by atoms with E-state index >= 15 is 0 Å². The molecular weight excluding hydrogens is 636 g/mol. The lowest BCUT2D eigenvalue weighted by Crippen LogP contribution is -2.58. The maximum atomic E-state index is 12.3. The second-order valence-corrected chi connectivity index (χ2v) is 11.0. The van der Waals surface area contributed by atoms with Gasteiger partial charge in [0.25, 0.3) is 0 Å². The highest BCUT2D eigenvalue weighted by atomic mass is 32.2. The number of carboxylic acid groups (broad SMARTS) is 2. The second kappa shape index (κ2) is 29.6. The van der Waals surface area contributed by atoms with E-state index in [9.17, 15) is 34.8 Å². The van der Waals surface area contributed by atoms with Crippen molar-refractivity contribution in [2.75, 3.05) is 84.6 Å². The lowest BCUT2D eigenvalue weighted by Gasteiger charge is -2.40. The van der Waals surface area contributed by atoms with Crippen LogP contribution in [0.3, 0.4) is 0 Å². The SMILES string of the molecule is C.CCC1O[C@H](O)C(OCCCSCCNC(=O)CN(CCN(C)CCN(C)CC(=O)O)CC(=O)O)[C@@H](O)[C@@H]1O.O=C=O.O=C=O. The van der Waals surface area contributed by atoms with E-state index in [1.165, 1.54) is 0 Å². The topological polar surface area (TPSA) is 261 Å². The average Bonchev–Trinajstić information content (AvgIpc) is 2.95. The van der Waals surface area contributed by atoms with Crippen LogP contribution in [0.4, 0.5) is 0 Å². The summed E-state index contributed by atoms with van der Waals surface area (Å²) in [4.78, 5) is 72.0. The number of carbonyl (C=O) groups excluding carboxylic acids is 5. The highest BCUT2D eigenvalue weighted by molar-refractivity contribution is 7.99. The zero-order valence-corrected chi connectivity index (χ0v) is 26.6. The Labute approximate surface area is 273 Å². The molecule has 18 nitrogen and oxygen atoms in total. The van der Waals surface area contributed by atoms with Gasteiger partial charge in [-0.05, 0) is 32.7 Å². The number of carboxylic acids is 2. The molecule has 5 atom stereocenters. The van der Waals surface area contributed by atoms with Gasteiger partial charge in [0.05, 0.1) is 25.7 Å². The molecule has 0 bridgehead atoms. The summed E-state index contributed by atoms with van der Waals surface area (Å²) < 4.78 is 10.8. The molecule has 1 fully saturated rings. The van der Waals surface area contributed by atoms with Crippen molar-refractivity contribution in [1.82, 2.24) is 20.0 Å². The molecule has 6 N–H and O–H groups in total. The molecule has 46 heavy (non-hydrogen) atoms. The highest BCUT2D eigenvalue weighted by Gasteiger charge is 2.43. The number of hydrogen-bond donors (Lipinski definition) is 6. The summed E-state index contributed by atoms with van der Waals surface area (Å²) in [5.74, 6) is -0.831. The fourth-order valence-electron chi connectivity index (χ4n) is 3.92. The molecule has 19 heteroatoms. The molecular formula is C27H50N4O14S. The number of aliphatic hydroxyl groups is 3. The molecule has 0 saturated carbocycles. The monoisotopic (exact) mass is 686 g/mol. The van der Waals surface area contributed by atoms with E-state index in [0.29, 0.717) is 51.3 Å². The van der Waals surface area contributed by atoms with Crippen molar-refractivity contribution in [3.05, 3.63) is 0 Å². The Balaban J connectivity index is -0.00000244. The fourth-order valence-corrected chi connectivity index (χ4v) is 4.70. The molecule has 0 radical (unpaired) electrons. The van der Waals surface area contributed by atoms with Crippen LogP contribution in [0.5, 0.6) is 0 Å². The summed E-state index contributed by atoms with van der Waals surface area (Å²) >= 11 is 1.59. The Morgan fingerprint density at radius 1 is 0.848 bits per heavy atom. The van der Waals surface area contributed by atoms with Gasteiger partial charge in [0, 0.05) is 45.1 Å². The molecule has 0 aromatic heterocycles. The van der Waals surface area contributed by atoms with E-state index in [-0.39, 0.29) is 51.9 Å². The number of aliphatic carboxylic acids is 2. The number of likely N-dealkylation sites (N-methyl/N-ethyl adjacent to an activating group) is 2. The molecule has 1 saturated heterocycles. The van der Waals surface area contributed by atoms with E-state index in [0.717, 1.165) is 5.75 Å². The maximum Gasteiger partial charge on any atom is 0.373 e. The fraction of sp³-hybridized carbons (Fsp3) is 0.815. The molecule has 0 aliphatic carbocycles. The van der Waals surface area contributed by atoms with Gasteiger partial charge < -0.3 is 45.2 Å². The van der Waals surface area contributed by atoms with E-state index in [1.54, 1.807) is 35.5 Å². The third-order valence-electron chi connectivity index (χ3n) is 6.17. The Morgan fingerprint density at radius 3 is 1.93 bits per heavy atom. The minimum absolute atomic E-state index is 0. The molecule has 0 spiro atoms. The number of aliphatic hydroxyl groups excluding tert-OH is 3. The predicted octanol–water partition coefficient (Wildman–Crippen LogP) is -2.74. The molecule has 1 aliphatic rings. The van der Waals surface area contributed by atoms with Crippen LogP contribution in [-0.4, -0.2) is 186 Å². The van der Waals surface area contributed by atoms with Gasteiger partial charge >= 0.3 is 24.2 Å². The summed E-state index contributed by atoms with van der Waals surface area (Å²) in [6.45, 7) is 4.16.